The molecule has 28 heavy (non-hydrogen) atoms. The van der Waals surface area contributed by atoms with Gasteiger partial charge in [-0.05, 0) is 58.1 Å². The lowest BCUT2D eigenvalue weighted by molar-refractivity contribution is -0.128. The molecule has 6 heteroatoms. The summed E-state index contributed by atoms with van der Waals surface area (Å²) in [6.45, 7) is 11.9. The van der Waals surface area contributed by atoms with Gasteiger partial charge in [0.2, 0.25) is 5.91 Å². The fraction of sp³-hybridized carbons (Fsp3) is 0.636. The molecule has 1 aliphatic rings. The summed E-state index contributed by atoms with van der Waals surface area (Å²) < 4.78 is 0. The molecule has 2 unspecified atom stereocenters. The number of rotatable bonds is 6. The lowest BCUT2D eigenvalue weighted by Crippen LogP contribution is -2.55. The van der Waals surface area contributed by atoms with E-state index in [1.165, 1.54) is 0 Å². The van der Waals surface area contributed by atoms with Crippen LogP contribution in [0.1, 0.15) is 61.5 Å². The maximum absolute atomic E-state index is 12.9. The second-order valence-electron chi connectivity index (χ2n) is 8.82. The van der Waals surface area contributed by atoms with Gasteiger partial charge in [0, 0.05) is 30.7 Å². The molecule has 1 aliphatic heterocycles. The van der Waals surface area contributed by atoms with Gasteiger partial charge in [-0.2, -0.15) is 0 Å². The predicted octanol–water partition coefficient (Wildman–Crippen LogP) is 3.46. The van der Waals surface area contributed by atoms with Gasteiger partial charge in [-0.25, -0.2) is 0 Å². The number of amides is 2. The normalized spacial score (nSPS) is 19.0. The first kappa shape index (κ1) is 24.4. The molecule has 3 N–H and O–H groups in total. The molecule has 1 aromatic carbocycles. The molecule has 0 bridgehead atoms. The molecule has 0 aromatic heterocycles. The Hall–Kier alpha value is -1.59. The number of carbonyl (C=O) groups excluding carboxylic acids is 2. The smallest absolute Gasteiger partial charge is 0.253 e. The molecule has 1 aromatic rings. The Morgan fingerprint density at radius 2 is 1.86 bits per heavy atom. The van der Waals surface area contributed by atoms with E-state index in [0.717, 1.165) is 30.4 Å². The van der Waals surface area contributed by atoms with Gasteiger partial charge >= 0.3 is 0 Å². The highest BCUT2D eigenvalue weighted by Gasteiger charge is 2.33. The van der Waals surface area contributed by atoms with E-state index in [0.29, 0.717) is 31.1 Å². The predicted molar refractivity (Wildman–Crippen MR) is 117 cm³/mol. The van der Waals surface area contributed by atoms with E-state index < -0.39 is 5.54 Å². The van der Waals surface area contributed by atoms with Crippen LogP contribution in [0.25, 0.3) is 0 Å². The Morgan fingerprint density at radius 1 is 1.25 bits per heavy atom. The van der Waals surface area contributed by atoms with E-state index in [1.54, 1.807) is 0 Å². The summed E-state index contributed by atoms with van der Waals surface area (Å²) in [6, 6.07) is 5.91. The largest absolute Gasteiger partial charge is 0.349 e. The van der Waals surface area contributed by atoms with Crippen molar-refractivity contribution in [1.29, 1.82) is 0 Å². The summed E-state index contributed by atoms with van der Waals surface area (Å²) in [7, 11) is 0. The van der Waals surface area contributed by atoms with Crippen molar-refractivity contribution in [3.05, 3.63) is 34.9 Å². The third-order valence-corrected chi connectivity index (χ3v) is 5.28. The van der Waals surface area contributed by atoms with Crippen LogP contribution in [0.5, 0.6) is 0 Å². The average molecular weight is 410 g/mol. The number of benzene rings is 1. The second kappa shape index (κ2) is 10.3. The molecule has 1 fully saturated rings. The molecule has 0 aliphatic carbocycles. The number of likely N-dealkylation sites (tertiary alicyclic amines) is 1. The number of nitrogens with zero attached hydrogens (tertiary/aromatic N) is 1. The minimum atomic E-state index is -0.398. The minimum Gasteiger partial charge on any atom is -0.349 e. The van der Waals surface area contributed by atoms with Crippen LogP contribution < -0.4 is 11.1 Å². The Labute approximate surface area is 175 Å². The standard InChI is InChI=1S/C22H35N3O2.ClH/c1-15(2)12-22(5,14-23)24-20(26)18-7-6-8-25(13-18)21(27)19-10-16(3)9-17(4)11-19;/h9-11,15,18H,6-8,12-14,23H2,1-5H3,(H,24,26);1H. The van der Waals surface area contributed by atoms with Crippen LogP contribution >= 0.6 is 12.4 Å². The summed E-state index contributed by atoms with van der Waals surface area (Å²) in [6.07, 6.45) is 2.50. The third kappa shape index (κ3) is 6.49. The molecule has 2 rings (SSSR count). The van der Waals surface area contributed by atoms with Crippen LogP contribution in [-0.4, -0.2) is 41.9 Å². The van der Waals surface area contributed by atoms with Crippen LogP contribution in [0.4, 0.5) is 0 Å². The van der Waals surface area contributed by atoms with Crippen molar-refractivity contribution in [2.75, 3.05) is 19.6 Å². The highest BCUT2D eigenvalue weighted by Crippen LogP contribution is 2.22. The van der Waals surface area contributed by atoms with Crippen molar-refractivity contribution >= 4 is 24.2 Å². The summed E-state index contributed by atoms with van der Waals surface area (Å²) in [5.41, 5.74) is 8.41. The Bertz CT molecular complexity index is 672. The quantitative estimate of drug-likeness (QED) is 0.755. The number of aryl methyl sites for hydroxylation is 2. The molecule has 2 amide bonds. The molecule has 1 heterocycles. The molecule has 2 atom stereocenters. The molecule has 0 spiro atoms. The minimum absolute atomic E-state index is 0. The van der Waals surface area contributed by atoms with Gasteiger partial charge in [-0.1, -0.05) is 31.0 Å². The number of halogens is 1. The van der Waals surface area contributed by atoms with Gasteiger partial charge in [-0.3, -0.25) is 9.59 Å². The molecule has 0 radical (unpaired) electrons. The van der Waals surface area contributed by atoms with Crippen LogP contribution in [0.15, 0.2) is 18.2 Å². The molecule has 0 saturated carbocycles. The lowest BCUT2D eigenvalue weighted by atomic mass is 9.89. The first-order chi connectivity index (χ1) is 12.6. The van der Waals surface area contributed by atoms with E-state index in [4.69, 9.17) is 5.73 Å². The van der Waals surface area contributed by atoms with Crippen molar-refractivity contribution in [1.82, 2.24) is 10.2 Å². The van der Waals surface area contributed by atoms with E-state index >= 15 is 0 Å². The van der Waals surface area contributed by atoms with E-state index in [1.807, 2.05) is 37.8 Å². The summed E-state index contributed by atoms with van der Waals surface area (Å²) in [5.74, 6) is 0.309. The monoisotopic (exact) mass is 409 g/mol. The number of hydrogen-bond donors (Lipinski definition) is 2. The van der Waals surface area contributed by atoms with Gasteiger partial charge < -0.3 is 16.0 Å². The van der Waals surface area contributed by atoms with Gasteiger partial charge in [0.1, 0.15) is 0 Å². The van der Waals surface area contributed by atoms with Crippen LogP contribution in [0.2, 0.25) is 0 Å². The SMILES string of the molecule is Cc1cc(C)cc(C(=O)N2CCCC(C(=O)NC(C)(CN)CC(C)C)C2)c1.Cl. The van der Waals surface area contributed by atoms with Crippen molar-refractivity contribution < 1.29 is 9.59 Å². The number of nitrogens with two attached hydrogens (primary N) is 1. The third-order valence-electron chi connectivity index (χ3n) is 5.28. The average Bonchev–Trinajstić information content (AvgIpc) is 2.59. The molecule has 1 saturated heterocycles. The second-order valence-corrected chi connectivity index (χ2v) is 8.82. The van der Waals surface area contributed by atoms with Crippen LogP contribution in [0, 0.1) is 25.7 Å². The summed E-state index contributed by atoms with van der Waals surface area (Å²) >= 11 is 0. The van der Waals surface area contributed by atoms with Crippen LogP contribution in [0.3, 0.4) is 0 Å². The molecular formula is C22H36ClN3O2. The maximum Gasteiger partial charge on any atom is 0.253 e. The van der Waals surface area contributed by atoms with Crippen molar-refractivity contribution in [3.8, 4) is 0 Å². The Morgan fingerprint density at radius 3 is 2.39 bits per heavy atom. The molecule has 158 valence electrons. The summed E-state index contributed by atoms with van der Waals surface area (Å²) in [5, 5.41) is 3.16. The fourth-order valence-corrected chi connectivity index (χ4v) is 4.14. The molecule has 5 nitrogen and oxygen atoms in total. The van der Waals surface area contributed by atoms with Gasteiger partial charge in [-0.15, -0.1) is 12.4 Å². The van der Waals surface area contributed by atoms with Crippen LogP contribution in [-0.2, 0) is 4.79 Å². The van der Waals surface area contributed by atoms with E-state index in [9.17, 15) is 9.59 Å². The highest BCUT2D eigenvalue weighted by atomic mass is 35.5. The molecular weight excluding hydrogens is 374 g/mol. The lowest BCUT2D eigenvalue weighted by Gasteiger charge is -2.36. The highest BCUT2D eigenvalue weighted by molar-refractivity contribution is 5.95. The number of piperidine rings is 1. The van der Waals surface area contributed by atoms with Gasteiger partial charge in [0.15, 0.2) is 0 Å². The van der Waals surface area contributed by atoms with Gasteiger partial charge in [0.25, 0.3) is 5.91 Å². The van der Waals surface area contributed by atoms with Gasteiger partial charge in [0.05, 0.1) is 5.92 Å². The van der Waals surface area contributed by atoms with Crippen molar-refractivity contribution in [2.24, 2.45) is 17.6 Å². The maximum atomic E-state index is 12.9. The first-order valence-corrected chi connectivity index (χ1v) is 10.0. The zero-order chi connectivity index (χ0) is 20.2. The Balaban J connectivity index is 0.00000392. The number of nitrogens with one attached hydrogen (secondary N) is 1. The first-order valence-electron chi connectivity index (χ1n) is 10.0. The van der Waals surface area contributed by atoms with E-state index in [-0.39, 0.29) is 30.1 Å². The zero-order valence-electron chi connectivity index (χ0n) is 17.9. The van der Waals surface area contributed by atoms with Crippen molar-refractivity contribution in [3.63, 3.8) is 0 Å². The zero-order valence-corrected chi connectivity index (χ0v) is 18.7. The Kier molecular flexibility index (Phi) is 8.96. The fourth-order valence-electron chi connectivity index (χ4n) is 4.14. The summed E-state index contributed by atoms with van der Waals surface area (Å²) in [4.78, 5) is 27.6. The van der Waals surface area contributed by atoms with Crippen molar-refractivity contribution in [2.45, 2.75) is 59.4 Å². The number of hydrogen-bond acceptors (Lipinski definition) is 3. The topological polar surface area (TPSA) is 75.4 Å². The number of carbonyl (C=O) groups is 2. The van der Waals surface area contributed by atoms with E-state index in [2.05, 4.69) is 25.2 Å².